The molecule has 31 heavy (non-hydrogen) atoms. The molecular weight excluding hydrogens is 451 g/mol. The molecule has 2 aromatic rings. The molecule has 0 heterocycles. The van der Waals surface area contributed by atoms with E-state index in [0.29, 0.717) is 16.6 Å². The van der Waals surface area contributed by atoms with Gasteiger partial charge in [-0.1, -0.05) is 66.9 Å². The molecule has 4 nitrogen and oxygen atoms in total. The molecule has 168 valence electrons. The molecule has 0 aliphatic rings. The SMILES string of the molecule is CCCCNC(=O)[C@@H](C)N(Cc1ccc(Cl)cc1Cl)C(=O)CSCc1ccccc1C. The van der Waals surface area contributed by atoms with Crippen molar-refractivity contribution in [3.05, 3.63) is 69.2 Å². The lowest BCUT2D eigenvalue weighted by Crippen LogP contribution is -2.48. The summed E-state index contributed by atoms with van der Waals surface area (Å²) in [7, 11) is 0. The van der Waals surface area contributed by atoms with Gasteiger partial charge in [-0.3, -0.25) is 9.59 Å². The maximum atomic E-state index is 13.1. The van der Waals surface area contributed by atoms with E-state index < -0.39 is 6.04 Å². The van der Waals surface area contributed by atoms with Crippen LogP contribution in [0.5, 0.6) is 0 Å². The van der Waals surface area contributed by atoms with E-state index in [1.54, 1.807) is 41.8 Å². The highest BCUT2D eigenvalue weighted by Gasteiger charge is 2.26. The lowest BCUT2D eigenvalue weighted by Gasteiger charge is -2.29. The molecule has 7 heteroatoms. The second kappa shape index (κ2) is 13.0. The number of rotatable bonds is 11. The fourth-order valence-corrected chi connectivity index (χ4v) is 4.51. The van der Waals surface area contributed by atoms with Crippen molar-refractivity contribution in [2.24, 2.45) is 0 Å². The van der Waals surface area contributed by atoms with Gasteiger partial charge in [-0.25, -0.2) is 0 Å². The molecule has 0 saturated carbocycles. The van der Waals surface area contributed by atoms with E-state index in [1.165, 1.54) is 11.1 Å². The largest absolute Gasteiger partial charge is 0.354 e. The molecule has 0 radical (unpaired) electrons. The van der Waals surface area contributed by atoms with E-state index in [9.17, 15) is 9.59 Å². The highest BCUT2D eigenvalue weighted by atomic mass is 35.5. The number of carbonyl (C=O) groups is 2. The van der Waals surface area contributed by atoms with Gasteiger partial charge < -0.3 is 10.2 Å². The summed E-state index contributed by atoms with van der Waals surface area (Å²) in [4.78, 5) is 27.4. The van der Waals surface area contributed by atoms with Gasteiger partial charge in [0.15, 0.2) is 0 Å². The fraction of sp³-hybridized carbons (Fsp3) is 0.417. The highest BCUT2D eigenvalue weighted by Crippen LogP contribution is 2.24. The first kappa shape index (κ1) is 25.6. The van der Waals surface area contributed by atoms with E-state index in [4.69, 9.17) is 23.2 Å². The topological polar surface area (TPSA) is 49.4 Å². The van der Waals surface area contributed by atoms with Gasteiger partial charge in [0.1, 0.15) is 6.04 Å². The quantitative estimate of drug-likeness (QED) is 0.409. The zero-order chi connectivity index (χ0) is 22.8. The smallest absolute Gasteiger partial charge is 0.242 e. The van der Waals surface area contributed by atoms with Crippen LogP contribution in [0.1, 0.15) is 43.4 Å². The molecule has 1 N–H and O–H groups in total. The summed E-state index contributed by atoms with van der Waals surface area (Å²) in [6.07, 6.45) is 1.90. The summed E-state index contributed by atoms with van der Waals surface area (Å²) in [5.74, 6) is 0.774. The van der Waals surface area contributed by atoms with Gasteiger partial charge in [0.2, 0.25) is 11.8 Å². The lowest BCUT2D eigenvalue weighted by molar-refractivity contribution is -0.138. The Balaban J connectivity index is 2.10. The predicted octanol–water partition coefficient (Wildman–Crippen LogP) is 5.87. The van der Waals surface area contributed by atoms with Gasteiger partial charge in [0.05, 0.1) is 5.75 Å². The molecule has 2 amide bonds. The molecular formula is C24H30Cl2N2O2S. The van der Waals surface area contributed by atoms with Crippen LogP contribution in [0.15, 0.2) is 42.5 Å². The van der Waals surface area contributed by atoms with Crippen LogP contribution in [-0.2, 0) is 21.9 Å². The first-order chi connectivity index (χ1) is 14.8. The number of hydrogen-bond acceptors (Lipinski definition) is 3. The number of benzene rings is 2. The number of aryl methyl sites for hydroxylation is 1. The summed E-state index contributed by atoms with van der Waals surface area (Å²) >= 11 is 13.9. The standard InChI is InChI=1S/C24H30Cl2N2O2S/c1-4-5-12-27-24(30)18(3)28(14-19-10-11-21(25)13-22(19)26)23(29)16-31-15-20-9-7-6-8-17(20)2/h6-11,13,18H,4-5,12,14-16H2,1-3H3,(H,27,30)/t18-/m1/s1. The van der Waals surface area contributed by atoms with Gasteiger partial charge in [0, 0.05) is 28.9 Å². The molecule has 0 aliphatic heterocycles. The molecule has 0 bridgehead atoms. The maximum Gasteiger partial charge on any atom is 0.242 e. The van der Waals surface area contributed by atoms with Crippen LogP contribution in [0, 0.1) is 6.92 Å². The lowest BCUT2D eigenvalue weighted by atomic mass is 10.1. The molecule has 0 aliphatic carbocycles. The van der Waals surface area contributed by atoms with Crippen LogP contribution >= 0.6 is 35.0 Å². The van der Waals surface area contributed by atoms with Gasteiger partial charge >= 0.3 is 0 Å². The molecule has 0 aromatic heterocycles. The van der Waals surface area contributed by atoms with Crippen LogP contribution in [0.2, 0.25) is 10.0 Å². The molecule has 2 rings (SSSR count). The Morgan fingerprint density at radius 1 is 1.13 bits per heavy atom. The maximum absolute atomic E-state index is 13.1. The summed E-state index contributed by atoms with van der Waals surface area (Å²) in [6, 6.07) is 12.7. The molecule has 0 spiro atoms. The van der Waals surface area contributed by atoms with Crippen molar-refractivity contribution in [1.29, 1.82) is 0 Å². The van der Waals surface area contributed by atoms with Crippen molar-refractivity contribution >= 4 is 46.8 Å². The molecule has 0 saturated heterocycles. The van der Waals surface area contributed by atoms with E-state index in [2.05, 4.69) is 31.3 Å². The number of nitrogens with one attached hydrogen (secondary N) is 1. The van der Waals surface area contributed by atoms with Crippen LogP contribution in [0.25, 0.3) is 0 Å². The number of thioether (sulfide) groups is 1. The van der Waals surface area contributed by atoms with Crippen molar-refractivity contribution in [2.45, 2.75) is 52.0 Å². The average molecular weight is 481 g/mol. The van der Waals surface area contributed by atoms with E-state index in [0.717, 1.165) is 24.2 Å². The zero-order valence-electron chi connectivity index (χ0n) is 18.3. The van der Waals surface area contributed by atoms with E-state index in [-0.39, 0.29) is 24.1 Å². The van der Waals surface area contributed by atoms with Gasteiger partial charge in [-0.2, -0.15) is 0 Å². The van der Waals surface area contributed by atoms with Crippen LogP contribution in [0.3, 0.4) is 0 Å². The number of nitrogens with zero attached hydrogens (tertiary/aromatic N) is 1. The van der Waals surface area contributed by atoms with Crippen LogP contribution in [0.4, 0.5) is 0 Å². The number of halogens is 2. The summed E-state index contributed by atoms with van der Waals surface area (Å²) in [5.41, 5.74) is 3.17. The van der Waals surface area contributed by atoms with E-state index >= 15 is 0 Å². The Labute approximate surface area is 199 Å². The highest BCUT2D eigenvalue weighted by molar-refractivity contribution is 7.99. The second-order valence-electron chi connectivity index (χ2n) is 7.50. The van der Waals surface area contributed by atoms with Crippen molar-refractivity contribution < 1.29 is 9.59 Å². The van der Waals surface area contributed by atoms with Gasteiger partial charge in [0.25, 0.3) is 0 Å². The molecule has 1 atom stereocenters. The van der Waals surface area contributed by atoms with Crippen molar-refractivity contribution in [3.8, 4) is 0 Å². The molecule has 0 fully saturated rings. The Kier molecular flexibility index (Phi) is 10.7. The summed E-state index contributed by atoms with van der Waals surface area (Å²) < 4.78 is 0. The number of amides is 2. The van der Waals surface area contributed by atoms with Crippen molar-refractivity contribution in [1.82, 2.24) is 10.2 Å². The third-order valence-corrected chi connectivity index (χ3v) is 6.65. The number of hydrogen-bond donors (Lipinski definition) is 1. The van der Waals surface area contributed by atoms with Crippen molar-refractivity contribution in [2.75, 3.05) is 12.3 Å². The Hall–Kier alpha value is -1.69. The minimum absolute atomic E-state index is 0.0947. The first-order valence-corrected chi connectivity index (χ1v) is 12.4. The first-order valence-electron chi connectivity index (χ1n) is 10.5. The van der Waals surface area contributed by atoms with Gasteiger partial charge in [-0.15, -0.1) is 11.8 Å². The number of carbonyl (C=O) groups excluding carboxylic acids is 2. The monoisotopic (exact) mass is 480 g/mol. The van der Waals surface area contributed by atoms with Crippen molar-refractivity contribution in [3.63, 3.8) is 0 Å². The van der Waals surface area contributed by atoms with E-state index in [1.807, 2.05) is 12.1 Å². The molecule has 2 aromatic carbocycles. The van der Waals surface area contributed by atoms with Crippen LogP contribution < -0.4 is 5.32 Å². The van der Waals surface area contributed by atoms with Gasteiger partial charge in [-0.05, 0) is 49.1 Å². The number of unbranched alkanes of at least 4 members (excludes halogenated alkanes) is 1. The second-order valence-corrected chi connectivity index (χ2v) is 9.33. The minimum Gasteiger partial charge on any atom is -0.354 e. The Morgan fingerprint density at radius 3 is 2.55 bits per heavy atom. The minimum atomic E-state index is -0.602. The third-order valence-electron chi connectivity index (χ3n) is 5.10. The predicted molar refractivity (Wildman–Crippen MR) is 132 cm³/mol. The summed E-state index contributed by atoms with van der Waals surface area (Å²) in [5, 5.41) is 3.94. The summed E-state index contributed by atoms with van der Waals surface area (Å²) in [6.45, 7) is 6.75. The molecule has 0 unspecified atom stereocenters. The zero-order valence-corrected chi connectivity index (χ0v) is 20.6. The van der Waals surface area contributed by atoms with Crippen LogP contribution in [-0.4, -0.2) is 35.1 Å². The third kappa shape index (κ3) is 8.06. The Morgan fingerprint density at radius 2 is 1.87 bits per heavy atom. The normalized spacial score (nSPS) is 11.8. The fourth-order valence-electron chi connectivity index (χ4n) is 3.06. The Bertz CT molecular complexity index is 892. The average Bonchev–Trinajstić information content (AvgIpc) is 2.74.